The number of rotatable bonds is 2. The average Bonchev–Trinajstić information content (AvgIpc) is 3.15. The minimum atomic E-state index is -0.725. The van der Waals surface area contributed by atoms with Crippen molar-refractivity contribution in [3.05, 3.63) is 42.0 Å². The van der Waals surface area contributed by atoms with Gasteiger partial charge in [0, 0.05) is 0 Å². The zero-order valence-corrected chi connectivity index (χ0v) is 12.7. The second-order valence-corrected chi connectivity index (χ2v) is 6.18. The molecule has 0 unspecified atom stereocenters. The van der Waals surface area contributed by atoms with Crippen LogP contribution < -0.4 is 4.90 Å². The van der Waals surface area contributed by atoms with Crippen molar-refractivity contribution < 1.29 is 23.9 Å². The Kier molecular flexibility index (Phi) is 2.78. The number of methoxy groups -OCH3 is 1. The molecule has 0 aromatic heterocycles. The van der Waals surface area contributed by atoms with Crippen molar-refractivity contribution in [2.75, 3.05) is 12.0 Å². The molecule has 3 aliphatic rings. The van der Waals surface area contributed by atoms with Crippen LogP contribution in [0, 0.1) is 11.8 Å². The van der Waals surface area contributed by atoms with Gasteiger partial charge in [0.15, 0.2) is 0 Å². The molecule has 3 aliphatic heterocycles. The number of carbonyl (C=O) groups excluding carboxylic acids is 3. The van der Waals surface area contributed by atoms with E-state index >= 15 is 0 Å². The fourth-order valence-corrected chi connectivity index (χ4v) is 3.80. The Bertz CT molecular complexity index is 770. The number of imide groups is 1. The zero-order chi connectivity index (χ0) is 16.4. The lowest BCUT2D eigenvalue weighted by Gasteiger charge is -2.24. The third kappa shape index (κ3) is 1.75. The normalized spacial score (nSPS) is 34.2. The highest BCUT2D eigenvalue weighted by Crippen LogP contribution is 2.52. The molecule has 0 aliphatic carbocycles. The summed E-state index contributed by atoms with van der Waals surface area (Å²) in [5.74, 6) is -2.06. The number of ether oxygens (including phenoxy) is 2. The summed E-state index contributed by atoms with van der Waals surface area (Å²) in [5.41, 5.74) is -0.0388. The van der Waals surface area contributed by atoms with Crippen LogP contribution in [0.5, 0.6) is 0 Å². The van der Waals surface area contributed by atoms with Crippen molar-refractivity contribution in [2.24, 2.45) is 11.8 Å². The Morgan fingerprint density at radius 1 is 1.30 bits per heavy atom. The first-order valence-corrected chi connectivity index (χ1v) is 7.39. The fourth-order valence-electron chi connectivity index (χ4n) is 3.80. The summed E-state index contributed by atoms with van der Waals surface area (Å²) < 4.78 is 10.5. The van der Waals surface area contributed by atoms with Gasteiger partial charge in [0.05, 0.1) is 41.9 Å². The number of amides is 2. The van der Waals surface area contributed by atoms with E-state index in [1.54, 1.807) is 18.2 Å². The standard InChI is InChI=1S/C17H15NO5/c1-17-7-6-11(23-17)12-13(17)15(20)18(14(12)19)10-5-3-4-9(8-10)16(21)22-2/h3-8,11-13H,1-2H3/t11-,12+,13-,17+/m0/s1. The van der Waals surface area contributed by atoms with E-state index in [2.05, 4.69) is 4.74 Å². The van der Waals surface area contributed by atoms with Crippen molar-refractivity contribution in [3.63, 3.8) is 0 Å². The summed E-state index contributed by atoms with van der Waals surface area (Å²) in [6.07, 6.45) is 3.36. The van der Waals surface area contributed by atoms with Gasteiger partial charge in [-0.2, -0.15) is 0 Å². The van der Waals surface area contributed by atoms with Crippen LogP contribution in [0.2, 0.25) is 0 Å². The highest BCUT2D eigenvalue weighted by molar-refractivity contribution is 6.23. The maximum Gasteiger partial charge on any atom is 0.337 e. The molecular weight excluding hydrogens is 298 g/mol. The van der Waals surface area contributed by atoms with Crippen LogP contribution in [-0.2, 0) is 19.1 Å². The van der Waals surface area contributed by atoms with Crippen LogP contribution in [0.4, 0.5) is 5.69 Å². The van der Waals surface area contributed by atoms with Crippen molar-refractivity contribution >= 4 is 23.5 Å². The predicted molar refractivity (Wildman–Crippen MR) is 79.7 cm³/mol. The van der Waals surface area contributed by atoms with E-state index in [1.807, 2.05) is 19.1 Å². The largest absolute Gasteiger partial charge is 0.465 e. The van der Waals surface area contributed by atoms with Crippen LogP contribution in [0.15, 0.2) is 36.4 Å². The Labute approximate surface area is 132 Å². The molecule has 4 atom stereocenters. The molecular formula is C17H15NO5. The highest BCUT2D eigenvalue weighted by Gasteiger charge is 2.66. The number of carbonyl (C=O) groups is 3. The minimum Gasteiger partial charge on any atom is -0.465 e. The van der Waals surface area contributed by atoms with Crippen LogP contribution in [0.3, 0.4) is 0 Å². The van der Waals surface area contributed by atoms with Gasteiger partial charge in [-0.1, -0.05) is 18.2 Å². The number of hydrogen-bond donors (Lipinski definition) is 0. The molecule has 4 rings (SSSR count). The summed E-state index contributed by atoms with van der Waals surface area (Å²) in [7, 11) is 1.28. The Morgan fingerprint density at radius 2 is 2.09 bits per heavy atom. The number of esters is 1. The van der Waals surface area contributed by atoms with Crippen molar-refractivity contribution in [1.29, 1.82) is 0 Å². The lowest BCUT2D eigenvalue weighted by Crippen LogP contribution is -2.38. The van der Waals surface area contributed by atoms with Crippen LogP contribution >= 0.6 is 0 Å². The van der Waals surface area contributed by atoms with Crippen molar-refractivity contribution in [1.82, 2.24) is 0 Å². The quantitative estimate of drug-likeness (QED) is 0.467. The summed E-state index contributed by atoms with van der Waals surface area (Å²) in [5, 5.41) is 0. The monoisotopic (exact) mass is 313 g/mol. The van der Waals surface area contributed by atoms with Gasteiger partial charge >= 0.3 is 5.97 Å². The van der Waals surface area contributed by atoms with Gasteiger partial charge in [-0.25, -0.2) is 9.69 Å². The number of fused-ring (bicyclic) bond motifs is 5. The van der Waals surface area contributed by atoms with Crippen molar-refractivity contribution in [3.8, 4) is 0 Å². The van der Waals surface area contributed by atoms with E-state index in [1.165, 1.54) is 18.1 Å². The smallest absolute Gasteiger partial charge is 0.337 e. The first kappa shape index (κ1) is 14.1. The lowest BCUT2D eigenvalue weighted by molar-refractivity contribution is -0.126. The van der Waals surface area contributed by atoms with E-state index in [0.717, 1.165) is 0 Å². The second kappa shape index (κ2) is 4.52. The average molecular weight is 313 g/mol. The SMILES string of the molecule is COC(=O)c1cccc(N2C(=O)[C@@H]3[C@@H]4C=C[C@@](C)(O4)[C@@H]3C2=O)c1. The van der Waals surface area contributed by atoms with E-state index < -0.39 is 23.4 Å². The molecule has 0 spiro atoms. The molecule has 3 heterocycles. The van der Waals surface area contributed by atoms with E-state index in [-0.39, 0.29) is 17.9 Å². The number of anilines is 1. The van der Waals surface area contributed by atoms with E-state index in [4.69, 9.17) is 4.74 Å². The van der Waals surface area contributed by atoms with Crippen molar-refractivity contribution in [2.45, 2.75) is 18.6 Å². The van der Waals surface area contributed by atoms with Crippen LogP contribution in [-0.4, -0.2) is 36.6 Å². The molecule has 6 nitrogen and oxygen atoms in total. The van der Waals surface area contributed by atoms with E-state index in [9.17, 15) is 14.4 Å². The van der Waals surface area contributed by atoms with Crippen LogP contribution in [0.1, 0.15) is 17.3 Å². The third-order valence-corrected chi connectivity index (χ3v) is 4.85. The third-order valence-electron chi connectivity index (χ3n) is 4.85. The topological polar surface area (TPSA) is 72.9 Å². The van der Waals surface area contributed by atoms with Crippen LogP contribution in [0.25, 0.3) is 0 Å². The molecule has 0 radical (unpaired) electrons. The molecule has 118 valence electrons. The van der Waals surface area contributed by atoms with E-state index in [0.29, 0.717) is 11.3 Å². The maximum atomic E-state index is 12.8. The molecule has 23 heavy (non-hydrogen) atoms. The maximum absolute atomic E-state index is 12.8. The molecule has 2 fully saturated rings. The molecule has 0 N–H and O–H groups in total. The number of hydrogen-bond acceptors (Lipinski definition) is 5. The van der Waals surface area contributed by atoms with Gasteiger partial charge < -0.3 is 9.47 Å². The Balaban J connectivity index is 1.73. The van der Waals surface area contributed by atoms with Gasteiger partial charge in [-0.15, -0.1) is 0 Å². The molecule has 6 heteroatoms. The second-order valence-electron chi connectivity index (χ2n) is 6.18. The Morgan fingerprint density at radius 3 is 2.78 bits per heavy atom. The molecule has 1 aromatic rings. The first-order chi connectivity index (χ1) is 11.0. The lowest BCUT2D eigenvalue weighted by atomic mass is 9.78. The van der Waals surface area contributed by atoms with Gasteiger partial charge in [-0.05, 0) is 25.1 Å². The molecule has 1 aromatic carbocycles. The summed E-state index contributed by atoms with van der Waals surface area (Å²) in [6.45, 7) is 1.83. The summed E-state index contributed by atoms with van der Waals surface area (Å²) >= 11 is 0. The first-order valence-electron chi connectivity index (χ1n) is 7.39. The van der Waals surface area contributed by atoms with Gasteiger partial charge in [0.1, 0.15) is 0 Å². The molecule has 2 saturated heterocycles. The predicted octanol–water partition coefficient (Wildman–Crippen LogP) is 1.31. The molecule has 2 amide bonds. The minimum absolute atomic E-state index is 0.278. The number of nitrogens with zero attached hydrogens (tertiary/aromatic N) is 1. The number of benzene rings is 1. The summed E-state index contributed by atoms with van der Waals surface area (Å²) in [6, 6.07) is 6.35. The summed E-state index contributed by atoms with van der Waals surface area (Å²) in [4.78, 5) is 38.4. The fraction of sp³-hybridized carbons (Fsp3) is 0.353. The van der Waals surface area contributed by atoms with Gasteiger partial charge in [0.2, 0.25) is 11.8 Å². The Hall–Kier alpha value is -2.47. The molecule has 0 saturated carbocycles. The van der Waals surface area contributed by atoms with Gasteiger partial charge in [0.25, 0.3) is 0 Å². The van der Waals surface area contributed by atoms with Gasteiger partial charge in [-0.3, -0.25) is 9.59 Å². The highest BCUT2D eigenvalue weighted by atomic mass is 16.5. The molecule has 2 bridgehead atoms. The zero-order valence-electron chi connectivity index (χ0n) is 12.7.